The number of amides is 1. The van der Waals surface area contributed by atoms with E-state index in [9.17, 15) is 29.9 Å². The number of methoxy groups -OCH3 is 1. The monoisotopic (exact) mass is 398 g/mol. The maximum absolute atomic E-state index is 11.9. The van der Waals surface area contributed by atoms with Gasteiger partial charge in [-0.2, -0.15) is 0 Å². The van der Waals surface area contributed by atoms with Crippen molar-refractivity contribution in [3.05, 3.63) is 38.9 Å². The molecule has 0 spiro atoms. The molecule has 0 saturated heterocycles. The summed E-state index contributed by atoms with van der Waals surface area (Å²) >= 11 is 0. The van der Waals surface area contributed by atoms with E-state index in [1.807, 2.05) is 0 Å². The maximum Gasteiger partial charge on any atom is 0.407 e. The highest BCUT2D eigenvalue weighted by Gasteiger charge is 2.27. The highest BCUT2D eigenvalue weighted by atomic mass is 16.6. The molecule has 1 amide bonds. The molecule has 10 heteroatoms. The molecule has 0 aliphatic heterocycles. The Hall–Kier alpha value is -2.72. The maximum atomic E-state index is 11.9. The van der Waals surface area contributed by atoms with Crippen LogP contribution in [-0.2, 0) is 9.47 Å². The summed E-state index contributed by atoms with van der Waals surface area (Å²) in [4.78, 5) is 33.9. The van der Waals surface area contributed by atoms with Crippen molar-refractivity contribution in [1.29, 1.82) is 0 Å². The van der Waals surface area contributed by atoms with Crippen molar-refractivity contribution in [2.75, 3.05) is 13.7 Å². The lowest BCUT2D eigenvalue weighted by atomic mass is 9.93. The van der Waals surface area contributed by atoms with Gasteiger partial charge in [-0.25, -0.2) is 9.59 Å². The Morgan fingerprint density at radius 1 is 1.29 bits per heavy atom. The van der Waals surface area contributed by atoms with Crippen LogP contribution in [0.1, 0.15) is 54.8 Å². The molecule has 0 aromatic heterocycles. The van der Waals surface area contributed by atoms with Gasteiger partial charge in [-0.1, -0.05) is 0 Å². The number of nitro groups is 1. The van der Waals surface area contributed by atoms with Crippen LogP contribution >= 0.6 is 0 Å². The minimum Gasteiger partial charge on any atom is -0.465 e. The van der Waals surface area contributed by atoms with E-state index >= 15 is 0 Å². The Balaban J connectivity index is 2.93. The van der Waals surface area contributed by atoms with Gasteiger partial charge >= 0.3 is 12.1 Å². The average Bonchev–Trinajstić information content (AvgIpc) is 2.58. The molecule has 0 aliphatic rings. The number of nitro benzene ring substituents is 1. The van der Waals surface area contributed by atoms with E-state index in [1.165, 1.54) is 6.92 Å². The smallest absolute Gasteiger partial charge is 0.407 e. The van der Waals surface area contributed by atoms with Crippen LogP contribution in [0.3, 0.4) is 0 Å². The molecule has 1 aromatic carbocycles. The minimum absolute atomic E-state index is 0.00493. The number of carbonyl (C=O) groups excluding carboxylic acids is 2. The quantitative estimate of drug-likeness (QED) is 0.359. The summed E-state index contributed by atoms with van der Waals surface area (Å²) in [6, 6.07) is 2.14. The first-order valence-electron chi connectivity index (χ1n) is 8.57. The molecule has 156 valence electrons. The SMILES string of the molecule is COC(=O)c1cc([N+](=O)[O-])cc(C(O)C(O)CCNC(=O)OC(C)(C)C)c1C. The predicted molar refractivity (Wildman–Crippen MR) is 99.0 cm³/mol. The number of benzene rings is 1. The van der Waals surface area contributed by atoms with Gasteiger partial charge in [0, 0.05) is 18.7 Å². The van der Waals surface area contributed by atoms with Crippen molar-refractivity contribution >= 4 is 17.7 Å². The number of hydrogen-bond acceptors (Lipinski definition) is 8. The first-order chi connectivity index (χ1) is 12.9. The van der Waals surface area contributed by atoms with Crippen molar-refractivity contribution in [1.82, 2.24) is 5.32 Å². The number of aliphatic hydroxyl groups excluding tert-OH is 2. The molecule has 0 aliphatic carbocycles. The van der Waals surface area contributed by atoms with E-state index in [-0.39, 0.29) is 29.7 Å². The molecule has 1 aromatic rings. The van der Waals surface area contributed by atoms with E-state index in [0.717, 1.165) is 19.2 Å². The molecular formula is C18H26N2O8. The Morgan fingerprint density at radius 3 is 2.39 bits per heavy atom. The summed E-state index contributed by atoms with van der Waals surface area (Å²) in [5, 5.41) is 34.2. The van der Waals surface area contributed by atoms with Crippen LogP contribution in [0.2, 0.25) is 0 Å². The largest absolute Gasteiger partial charge is 0.465 e. The van der Waals surface area contributed by atoms with Crippen molar-refractivity contribution in [2.24, 2.45) is 0 Å². The van der Waals surface area contributed by atoms with E-state index in [1.54, 1.807) is 20.8 Å². The standard InChI is InChI=1S/C18H26N2O8/c1-10-12(8-11(20(25)26)9-13(10)16(23)27-5)15(22)14(21)6-7-19-17(24)28-18(2,3)4/h8-9,14-15,21-22H,6-7H2,1-5H3,(H,19,24). The van der Waals surface area contributed by atoms with Crippen molar-refractivity contribution in [3.8, 4) is 0 Å². The number of carbonyl (C=O) groups is 2. The lowest BCUT2D eigenvalue weighted by Gasteiger charge is -2.22. The Kier molecular flexibility index (Phi) is 7.89. The summed E-state index contributed by atoms with van der Waals surface area (Å²) < 4.78 is 9.67. The molecule has 1 rings (SSSR count). The van der Waals surface area contributed by atoms with Gasteiger partial charge in [-0.3, -0.25) is 10.1 Å². The summed E-state index contributed by atoms with van der Waals surface area (Å²) in [5.74, 6) is -0.796. The van der Waals surface area contributed by atoms with Crippen LogP contribution in [0.25, 0.3) is 0 Å². The fourth-order valence-corrected chi connectivity index (χ4v) is 2.46. The number of ether oxygens (including phenoxy) is 2. The number of alkyl carbamates (subject to hydrolysis) is 1. The molecule has 2 atom stereocenters. The average molecular weight is 398 g/mol. The Labute approximate surface area is 162 Å². The van der Waals surface area contributed by atoms with E-state index in [2.05, 4.69) is 10.1 Å². The van der Waals surface area contributed by atoms with Crippen LogP contribution in [0.4, 0.5) is 10.5 Å². The topological polar surface area (TPSA) is 148 Å². The van der Waals surface area contributed by atoms with Gasteiger partial charge < -0.3 is 25.0 Å². The first kappa shape index (κ1) is 23.3. The molecule has 0 heterocycles. The summed E-state index contributed by atoms with van der Waals surface area (Å²) in [6.07, 6.45) is -3.57. The number of non-ortho nitro benzene ring substituents is 1. The molecule has 2 unspecified atom stereocenters. The molecule has 0 fully saturated rings. The highest BCUT2D eigenvalue weighted by molar-refractivity contribution is 5.92. The molecule has 0 bridgehead atoms. The Morgan fingerprint density at radius 2 is 1.89 bits per heavy atom. The third-order valence-electron chi connectivity index (χ3n) is 3.84. The van der Waals surface area contributed by atoms with Crippen LogP contribution in [0.15, 0.2) is 12.1 Å². The van der Waals surface area contributed by atoms with Crippen LogP contribution in [0, 0.1) is 17.0 Å². The molecule has 28 heavy (non-hydrogen) atoms. The van der Waals surface area contributed by atoms with Crippen molar-refractivity contribution in [3.63, 3.8) is 0 Å². The molecule has 0 radical (unpaired) electrons. The lowest BCUT2D eigenvalue weighted by molar-refractivity contribution is -0.385. The van der Waals surface area contributed by atoms with Gasteiger partial charge in [0.05, 0.1) is 23.7 Å². The zero-order valence-electron chi connectivity index (χ0n) is 16.5. The Bertz CT molecular complexity index is 742. The summed E-state index contributed by atoms with van der Waals surface area (Å²) in [7, 11) is 1.13. The zero-order valence-corrected chi connectivity index (χ0v) is 16.5. The van der Waals surface area contributed by atoms with Gasteiger partial charge in [-0.05, 0) is 45.2 Å². The van der Waals surface area contributed by atoms with Crippen LogP contribution in [-0.4, -0.2) is 52.6 Å². The normalized spacial score (nSPS) is 13.4. The van der Waals surface area contributed by atoms with E-state index in [0.29, 0.717) is 0 Å². The lowest BCUT2D eigenvalue weighted by Crippen LogP contribution is -2.34. The van der Waals surface area contributed by atoms with Gasteiger partial charge in [0.2, 0.25) is 0 Å². The van der Waals surface area contributed by atoms with Gasteiger partial charge in [-0.15, -0.1) is 0 Å². The predicted octanol–water partition coefficient (Wildman–Crippen LogP) is 2.00. The number of rotatable bonds is 7. The van der Waals surface area contributed by atoms with Crippen LogP contribution < -0.4 is 5.32 Å². The van der Waals surface area contributed by atoms with E-state index in [4.69, 9.17) is 4.74 Å². The number of hydrogen-bond donors (Lipinski definition) is 3. The first-order valence-corrected chi connectivity index (χ1v) is 8.57. The van der Waals surface area contributed by atoms with Crippen molar-refractivity contribution < 1.29 is 34.2 Å². The fourth-order valence-electron chi connectivity index (χ4n) is 2.46. The van der Waals surface area contributed by atoms with E-state index < -0.39 is 40.5 Å². The minimum atomic E-state index is -1.51. The van der Waals surface area contributed by atoms with Gasteiger partial charge in [0.25, 0.3) is 5.69 Å². The molecule has 10 nitrogen and oxygen atoms in total. The third-order valence-corrected chi connectivity index (χ3v) is 3.84. The zero-order chi connectivity index (χ0) is 21.6. The van der Waals surface area contributed by atoms with Gasteiger partial charge in [0.15, 0.2) is 0 Å². The molecule has 0 saturated carbocycles. The fraction of sp³-hybridized carbons (Fsp3) is 0.556. The second-order valence-corrected chi connectivity index (χ2v) is 7.19. The number of aliphatic hydroxyl groups is 2. The van der Waals surface area contributed by atoms with Crippen molar-refractivity contribution in [2.45, 2.75) is 51.9 Å². The van der Waals surface area contributed by atoms with Crippen LogP contribution in [0.5, 0.6) is 0 Å². The van der Waals surface area contributed by atoms with Gasteiger partial charge in [0.1, 0.15) is 11.7 Å². The number of esters is 1. The second-order valence-electron chi connectivity index (χ2n) is 7.19. The summed E-state index contributed by atoms with van der Waals surface area (Å²) in [5.41, 5.74) is -0.889. The summed E-state index contributed by atoms with van der Waals surface area (Å²) in [6.45, 7) is 6.60. The highest BCUT2D eigenvalue weighted by Crippen LogP contribution is 2.30. The number of nitrogens with one attached hydrogen (secondary N) is 1. The number of nitrogens with zero attached hydrogens (tertiary/aromatic N) is 1. The molecule has 3 N–H and O–H groups in total. The molecular weight excluding hydrogens is 372 g/mol. The third kappa shape index (κ3) is 6.46. The second kappa shape index (κ2) is 9.47.